The minimum atomic E-state index is -4.42. The molecule has 0 spiro atoms. The maximum absolute atomic E-state index is 12.7. The largest absolute Gasteiger partial charge is 0.506 e. The van der Waals surface area contributed by atoms with Gasteiger partial charge in [0.25, 0.3) is 0 Å². The molecular formula is C20H12Cl2F3NO2S. The minimum Gasteiger partial charge on any atom is -0.506 e. The Hall–Kier alpha value is -2.35. The number of thiazole rings is 1. The van der Waals surface area contributed by atoms with Crippen LogP contribution in [0.5, 0.6) is 5.75 Å². The maximum atomic E-state index is 12.7. The van der Waals surface area contributed by atoms with Crippen LogP contribution in [0, 0.1) is 6.92 Å². The molecule has 3 rings (SSSR count). The van der Waals surface area contributed by atoms with Gasteiger partial charge in [-0.1, -0.05) is 35.3 Å². The van der Waals surface area contributed by atoms with Gasteiger partial charge in [0.15, 0.2) is 5.78 Å². The van der Waals surface area contributed by atoms with Crippen LogP contribution in [0.4, 0.5) is 13.2 Å². The zero-order valence-corrected chi connectivity index (χ0v) is 17.0. The van der Waals surface area contributed by atoms with Crippen LogP contribution >= 0.6 is 34.5 Å². The summed E-state index contributed by atoms with van der Waals surface area (Å²) in [7, 11) is 0. The Bertz CT molecular complexity index is 1110. The van der Waals surface area contributed by atoms with Crippen LogP contribution in [-0.4, -0.2) is 15.9 Å². The van der Waals surface area contributed by atoms with Crippen LogP contribution in [-0.2, 0) is 6.18 Å². The van der Waals surface area contributed by atoms with Gasteiger partial charge in [0, 0.05) is 5.56 Å². The smallest absolute Gasteiger partial charge is 0.416 e. The van der Waals surface area contributed by atoms with Crippen molar-refractivity contribution in [1.82, 2.24) is 4.98 Å². The third kappa shape index (κ3) is 4.63. The molecule has 150 valence electrons. The standard InChI is InChI=1S/C20H12Cl2F3NO2S/c1-10-18(15(28)9-5-11-4-8-14(27)17(22)16(11)21)29-19(26-10)12-2-6-13(7-3-12)20(23,24)25/h2-9,27H,1H3/b9-5+. The van der Waals surface area contributed by atoms with Gasteiger partial charge in [-0.3, -0.25) is 4.79 Å². The second-order valence-corrected chi connectivity index (χ2v) is 7.76. The number of benzene rings is 2. The molecule has 0 aliphatic carbocycles. The molecule has 0 bridgehead atoms. The van der Waals surface area contributed by atoms with Gasteiger partial charge in [0.1, 0.15) is 15.8 Å². The first kappa shape index (κ1) is 21.4. The van der Waals surface area contributed by atoms with E-state index in [2.05, 4.69) is 4.98 Å². The van der Waals surface area contributed by atoms with E-state index in [9.17, 15) is 23.1 Å². The Morgan fingerprint density at radius 3 is 2.38 bits per heavy atom. The van der Waals surface area contributed by atoms with E-state index in [4.69, 9.17) is 23.2 Å². The van der Waals surface area contributed by atoms with Gasteiger partial charge < -0.3 is 5.11 Å². The van der Waals surface area contributed by atoms with Gasteiger partial charge in [0.2, 0.25) is 0 Å². The molecule has 3 aromatic rings. The van der Waals surface area contributed by atoms with Crippen LogP contribution in [0.25, 0.3) is 16.6 Å². The highest BCUT2D eigenvalue weighted by atomic mass is 35.5. The summed E-state index contributed by atoms with van der Waals surface area (Å²) in [5.74, 6) is -0.502. The molecular weight excluding hydrogens is 446 g/mol. The van der Waals surface area contributed by atoms with Crippen molar-refractivity contribution in [3.8, 4) is 16.3 Å². The normalized spacial score (nSPS) is 11.9. The first-order valence-corrected chi connectivity index (χ1v) is 9.69. The second-order valence-electron chi connectivity index (χ2n) is 6.01. The second kappa shape index (κ2) is 8.18. The summed E-state index contributed by atoms with van der Waals surface area (Å²) in [5, 5.41) is 10.1. The number of phenolic OH excluding ortho intramolecular Hbond substituents is 1. The fourth-order valence-electron chi connectivity index (χ4n) is 2.47. The molecule has 0 aliphatic rings. The number of hydrogen-bond acceptors (Lipinski definition) is 4. The topological polar surface area (TPSA) is 50.2 Å². The first-order valence-electron chi connectivity index (χ1n) is 8.12. The number of hydrogen-bond donors (Lipinski definition) is 1. The van der Waals surface area contributed by atoms with E-state index in [1.807, 2.05) is 0 Å². The van der Waals surface area contributed by atoms with Crippen LogP contribution in [0.1, 0.15) is 26.5 Å². The number of phenols is 1. The predicted molar refractivity (Wildman–Crippen MR) is 109 cm³/mol. The number of aromatic hydroxyl groups is 1. The Morgan fingerprint density at radius 1 is 1.10 bits per heavy atom. The van der Waals surface area contributed by atoms with Gasteiger partial charge in [-0.15, -0.1) is 11.3 Å². The Labute approximate surface area is 178 Å². The molecule has 9 heteroatoms. The third-order valence-electron chi connectivity index (χ3n) is 3.99. The van der Waals surface area contributed by atoms with Crippen molar-refractivity contribution in [3.05, 3.63) is 74.2 Å². The molecule has 1 N–H and O–H groups in total. The highest BCUT2D eigenvalue weighted by molar-refractivity contribution is 7.17. The number of nitrogens with zero attached hydrogens (tertiary/aromatic N) is 1. The number of aromatic nitrogens is 1. The molecule has 0 saturated carbocycles. The lowest BCUT2D eigenvalue weighted by Crippen LogP contribution is -2.03. The summed E-state index contributed by atoms with van der Waals surface area (Å²) in [6.07, 6.45) is -1.65. The summed E-state index contributed by atoms with van der Waals surface area (Å²) in [6.45, 7) is 1.65. The van der Waals surface area contributed by atoms with Crippen molar-refractivity contribution in [2.24, 2.45) is 0 Å². The number of ketones is 1. The van der Waals surface area contributed by atoms with Crippen molar-refractivity contribution in [2.75, 3.05) is 0 Å². The number of carbonyl (C=O) groups is 1. The molecule has 0 atom stereocenters. The van der Waals surface area contributed by atoms with Crippen molar-refractivity contribution in [3.63, 3.8) is 0 Å². The molecule has 0 fully saturated rings. The number of rotatable bonds is 4. The van der Waals surface area contributed by atoms with E-state index >= 15 is 0 Å². The van der Waals surface area contributed by atoms with Crippen LogP contribution in [0.2, 0.25) is 10.0 Å². The molecule has 2 aromatic carbocycles. The number of aryl methyl sites for hydroxylation is 1. The summed E-state index contributed by atoms with van der Waals surface area (Å²) < 4.78 is 38.1. The first-order chi connectivity index (χ1) is 13.6. The quantitative estimate of drug-likeness (QED) is 0.337. The summed E-state index contributed by atoms with van der Waals surface area (Å²) in [4.78, 5) is 17.2. The number of carbonyl (C=O) groups excluding carboxylic acids is 1. The molecule has 3 nitrogen and oxygen atoms in total. The zero-order valence-electron chi connectivity index (χ0n) is 14.7. The van der Waals surface area contributed by atoms with E-state index in [0.717, 1.165) is 23.5 Å². The van der Waals surface area contributed by atoms with E-state index < -0.39 is 11.7 Å². The average molecular weight is 458 g/mol. The minimum absolute atomic E-state index is 0.0140. The van der Waals surface area contributed by atoms with Gasteiger partial charge in [0.05, 0.1) is 21.2 Å². The summed E-state index contributed by atoms with van der Waals surface area (Å²) in [6, 6.07) is 7.47. The number of alkyl halides is 3. The molecule has 0 radical (unpaired) electrons. The van der Waals surface area contributed by atoms with Crippen molar-refractivity contribution in [1.29, 1.82) is 0 Å². The van der Waals surface area contributed by atoms with Crippen LogP contribution in [0.3, 0.4) is 0 Å². The molecule has 0 aliphatic heterocycles. The fraction of sp³-hybridized carbons (Fsp3) is 0.100. The lowest BCUT2D eigenvalue weighted by molar-refractivity contribution is -0.137. The van der Waals surface area contributed by atoms with Crippen LogP contribution < -0.4 is 0 Å². The Kier molecular flexibility index (Phi) is 6.03. The zero-order chi connectivity index (χ0) is 21.3. The number of allylic oxidation sites excluding steroid dienone is 1. The molecule has 0 unspecified atom stereocenters. The fourth-order valence-corrected chi connectivity index (χ4v) is 3.86. The third-order valence-corrected chi connectivity index (χ3v) is 6.09. The monoisotopic (exact) mass is 457 g/mol. The SMILES string of the molecule is Cc1nc(-c2ccc(C(F)(F)F)cc2)sc1C(=O)/C=C/c1ccc(O)c(Cl)c1Cl. The van der Waals surface area contributed by atoms with Gasteiger partial charge in [-0.05, 0) is 48.9 Å². The van der Waals surface area contributed by atoms with E-state index in [0.29, 0.717) is 26.7 Å². The lowest BCUT2D eigenvalue weighted by Gasteiger charge is -2.06. The van der Waals surface area contributed by atoms with E-state index in [1.54, 1.807) is 6.92 Å². The molecule has 1 heterocycles. The Morgan fingerprint density at radius 2 is 1.76 bits per heavy atom. The predicted octanol–water partition coefficient (Wildman–Crippen LogP) is 7.05. The van der Waals surface area contributed by atoms with Gasteiger partial charge >= 0.3 is 6.18 Å². The number of halogens is 5. The summed E-state index contributed by atoms with van der Waals surface area (Å²) >= 11 is 13.0. The van der Waals surface area contributed by atoms with Crippen LogP contribution in [0.15, 0.2) is 42.5 Å². The highest BCUT2D eigenvalue weighted by Gasteiger charge is 2.30. The van der Waals surface area contributed by atoms with Gasteiger partial charge in [-0.25, -0.2) is 4.98 Å². The average Bonchev–Trinajstić information content (AvgIpc) is 3.06. The lowest BCUT2D eigenvalue weighted by atomic mass is 10.1. The highest BCUT2D eigenvalue weighted by Crippen LogP contribution is 2.35. The molecule has 0 saturated heterocycles. The molecule has 29 heavy (non-hydrogen) atoms. The van der Waals surface area contributed by atoms with E-state index in [1.165, 1.54) is 36.4 Å². The van der Waals surface area contributed by atoms with Crippen molar-refractivity contribution >= 4 is 46.4 Å². The van der Waals surface area contributed by atoms with Gasteiger partial charge in [-0.2, -0.15) is 13.2 Å². The molecule has 0 amide bonds. The summed E-state index contributed by atoms with van der Waals surface area (Å²) in [5.41, 5.74) is 0.656. The maximum Gasteiger partial charge on any atom is 0.416 e. The molecule has 1 aromatic heterocycles. The van der Waals surface area contributed by atoms with Crippen molar-refractivity contribution < 1.29 is 23.1 Å². The Balaban J connectivity index is 1.85. The van der Waals surface area contributed by atoms with E-state index in [-0.39, 0.29) is 21.6 Å². The van der Waals surface area contributed by atoms with Crippen molar-refractivity contribution in [2.45, 2.75) is 13.1 Å².